The Morgan fingerprint density at radius 3 is 2.61 bits per heavy atom. The van der Waals surface area contributed by atoms with E-state index in [2.05, 4.69) is 80.3 Å². The van der Waals surface area contributed by atoms with Crippen molar-refractivity contribution in [3.63, 3.8) is 0 Å². The lowest BCUT2D eigenvalue weighted by molar-refractivity contribution is 0.287. The van der Waals surface area contributed by atoms with Gasteiger partial charge in [0.25, 0.3) is 0 Å². The summed E-state index contributed by atoms with van der Waals surface area (Å²) in [5, 5.41) is 3.39. The normalized spacial score (nSPS) is 20.1. The van der Waals surface area contributed by atoms with Crippen molar-refractivity contribution in [2.45, 2.75) is 6.54 Å². The maximum atomic E-state index is 11.5. The van der Waals surface area contributed by atoms with Crippen molar-refractivity contribution in [2.24, 2.45) is 4.99 Å². The van der Waals surface area contributed by atoms with Crippen molar-refractivity contribution in [2.75, 3.05) is 36.5 Å². The van der Waals surface area contributed by atoms with E-state index >= 15 is 0 Å². The molecule has 0 atom stereocenters. The van der Waals surface area contributed by atoms with Gasteiger partial charge in [-0.25, -0.2) is 8.42 Å². The van der Waals surface area contributed by atoms with Crippen LogP contribution in [0.2, 0.25) is 0 Å². The molecular weight excluding hydrogens is 485 g/mol. The first kappa shape index (κ1) is 19.6. The minimum atomic E-state index is -2.83. The zero-order chi connectivity index (χ0) is 19.6. The van der Waals surface area contributed by atoms with Crippen LogP contribution >= 0.6 is 22.6 Å². The largest absolute Gasteiger partial charge is 0.361 e. The quantitative estimate of drug-likeness (QED) is 0.645. The fraction of sp³-hybridized carbons (Fsp3) is 0.286. The Kier molecular flexibility index (Phi) is 5.84. The van der Waals surface area contributed by atoms with E-state index in [1.807, 2.05) is 12.4 Å². The summed E-state index contributed by atoms with van der Waals surface area (Å²) in [4.78, 5) is 6.65. The van der Waals surface area contributed by atoms with Gasteiger partial charge in [0.2, 0.25) is 0 Å². The van der Waals surface area contributed by atoms with Crippen molar-refractivity contribution >= 4 is 49.9 Å². The summed E-state index contributed by atoms with van der Waals surface area (Å²) in [7, 11) is -2.83. The molecule has 0 spiro atoms. The van der Waals surface area contributed by atoms with E-state index in [-0.39, 0.29) is 11.5 Å². The van der Waals surface area contributed by atoms with E-state index in [4.69, 9.17) is 0 Å². The summed E-state index contributed by atoms with van der Waals surface area (Å²) in [6.07, 6.45) is 3.97. The second-order valence-corrected chi connectivity index (χ2v) is 10.7. The van der Waals surface area contributed by atoms with Crippen molar-refractivity contribution < 1.29 is 8.42 Å². The summed E-state index contributed by atoms with van der Waals surface area (Å²) in [5.41, 5.74) is 5.78. The van der Waals surface area contributed by atoms with Crippen LogP contribution in [0.15, 0.2) is 53.7 Å². The summed E-state index contributed by atoms with van der Waals surface area (Å²) in [6.45, 7) is 2.70. The highest BCUT2D eigenvalue weighted by Gasteiger charge is 2.21. The fourth-order valence-electron chi connectivity index (χ4n) is 3.41. The third-order valence-corrected chi connectivity index (χ3v) is 7.34. The van der Waals surface area contributed by atoms with E-state index in [0.29, 0.717) is 19.6 Å². The number of halogens is 1. The second kappa shape index (κ2) is 8.34. The third-order valence-electron chi connectivity index (χ3n) is 5.06. The number of fused-ring (bicyclic) bond motifs is 1. The first-order valence-electron chi connectivity index (χ1n) is 9.26. The number of anilines is 1. The monoisotopic (exact) mass is 507 g/mol. The molecule has 0 radical (unpaired) electrons. The number of hydrogen-bond donors (Lipinski definition) is 1. The zero-order valence-electron chi connectivity index (χ0n) is 15.4. The average molecular weight is 507 g/mol. The topological polar surface area (TPSA) is 61.8 Å². The Hall–Kier alpha value is -1.71. The highest BCUT2D eigenvalue weighted by Crippen LogP contribution is 2.25. The van der Waals surface area contributed by atoms with Crippen LogP contribution in [0.5, 0.6) is 0 Å². The molecule has 28 heavy (non-hydrogen) atoms. The predicted molar refractivity (Wildman–Crippen MR) is 124 cm³/mol. The van der Waals surface area contributed by atoms with E-state index in [1.54, 1.807) is 0 Å². The predicted octanol–water partition coefficient (Wildman–Crippen LogP) is 3.41. The van der Waals surface area contributed by atoms with Gasteiger partial charge >= 0.3 is 0 Å². The first-order valence-corrected chi connectivity index (χ1v) is 12.2. The number of hydrogen-bond acceptors (Lipinski definition) is 5. The van der Waals surface area contributed by atoms with Gasteiger partial charge in [0.05, 0.1) is 18.1 Å². The Morgan fingerprint density at radius 2 is 1.86 bits per heavy atom. The Balaban J connectivity index is 1.40. The molecule has 0 bridgehead atoms. The van der Waals surface area contributed by atoms with Gasteiger partial charge in [0.15, 0.2) is 9.84 Å². The highest BCUT2D eigenvalue weighted by atomic mass is 127. The lowest BCUT2D eigenvalue weighted by Gasteiger charge is -2.26. The van der Waals surface area contributed by atoms with Crippen molar-refractivity contribution in [3.8, 4) is 0 Å². The zero-order valence-corrected chi connectivity index (χ0v) is 18.4. The van der Waals surface area contributed by atoms with Crippen LogP contribution in [0.3, 0.4) is 0 Å². The fourth-order valence-corrected chi connectivity index (χ4v) is 5.18. The van der Waals surface area contributed by atoms with Crippen LogP contribution < -0.4 is 5.32 Å². The molecule has 1 fully saturated rings. The molecule has 7 heteroatoms. The molecule has 0 aromatic heterocycles. The average Bonchev–Trinajstić information content (AvgIpc) is 2.69. The molecule has 2 heterocycles. The molecule has 4 rings (SSSR count). The van der Waals surface area contributed by atoms with Crippen LogP contribution in [-0.4, -0.2) is 50.7 Å². The minimum Gasteiger partial charge on any atom is -0.361 e. The number of nitrogens with one attached hydrogen (secondary N) is 1. The van der Waals surface area contributed by atoms with Gasteiger partial charge in [-0.2, -0.15) is 0 Å². The van der Waals surface area contributed by atoms with Crippen molar-refractivity contribution in [3.05, 3.63) is 68.9 Å². The summed E-state index contributed by atoms with van der Waals surface area (Å²) < 4.78 is 24.3. The van der Waals surface area contributed by atoms with Crippen LogP contribution in [0.25, 0.3) is 5.57 Å². The molecule has 0 amide bonds. The molecule has 0 aliphatic carbocycles. The van der Waals surface area contributed by atoms with E-state index < -0.39 is 9.84 Å². The number of sulfone groups is 1. The second-order valence-electron chi connectivity index (χ2n) is 7.14. The highest BCUT2D eigenvalue weighted by molar-refractivity contribution is 14.1. The van der Waals surface area contributed by atoms with Gasteiger partial charge in [0.1, 0.15) is 0 Å². The number of rotatable bonds is 4. The lowest BCUT2D eigenvalue weighted by Crippen LogP contribution is -2.39. The lowest BCUT2D eigenvalue weighted by atomic mass is 9.99. The molecule has 2 aliphatic rings. The smallest absolute Gasteiger partial charge is 0.152 e. The SMILES string of the molecule is O=S1(=O)CCN(Cc2ccc(NC=C3CN=Cc4ccc(I)cc43)cc2)CC1. The molecule has 2 aromatic carbocycles. The summed E-state index contributed by atoms with van der Waals surface area (Å²) in [5.74, 6) is 0.534. The van der Waals surface area contributed by atoms with Crippen molar-refractivity contribution in [1.82, 2.24) is 4.90 Å². The first-order chi connectivity index (χ1) is 13.5. The number of benzene rings is 2. The van der Waals surface area contributed by atoms with Gasteiger partial charge in [-0.1, -0.05) is 18.2 Å². The molecule has 146 valence electrons. The maximum Gasteiger partial charge on any atom is 0.152 e. The van der Waals surface area contributed by atoms with Gasteiger partial charge in [-0.05, 0) is 69.1 Å². The molecule has 1 N–H and O–H groups in total. The van der Waals surface area contributed by atoms with Crippen LogP contribution in [0, 0.1) is 3.57 Å². The third kappa shape index (κ3) is 4.82. The molecule has 5 nitrogen and oxygen atoms in total. The number of aliphatic imine (C=N–C) groups is 1. The Morgan fingerprint density at radius 1 is 1.11 bits per heavy atom. The molecule has 2 aliphatic heterocycles. The minimum absolute atomic E-state index is 0.267. The van der Waals surface area contributed by atoms with Gasteiger partial charge in [-0.3, -0.25) is 9.89 Å². The molecule has 1 saturated heterocycles. The van der Waals surface area contributed by atoms with Crippen LogP contribution in [-0.2, 0) is 16.4 Å². The van der Waals surface area contributed by atoms with Crippen LogP contribution in [0.4, 0.5) is 5.69 Å². The van der Waals surface area contributed by atoms with E-state index in [9.17, 15) is 8.42 Å². The maximum absolute atomic E-state index is 11.5. The number of nitrogens with zero attached hydrogens (tertiary/aromatic N) is 2. The molecular formula is C21H22IN3O2S. The van der Waals surface area contributed by atoms with E-state index in [1.165, 1.54) is 20.3 Å². The van der Waals surface area contributed by atoms with Gasteiger partial charge < -0.3 is 5.32 Å². The standard InChI is InChI=1S/C21H22IN3O2S/c22-19-4-3-17-12-23-13-18(21(17)11-19)14-24-20-5-1-16(2-6-20)15-25-7-9-28(26,27)10-8-25/h1-6,11-12,14,24H,7-10,13,15H2. The summed E-state index contributed by atoms with van der Waals surface area (Å²) in [6, 6.07) is 14.7. The van der Waals surface area contributed by atoms with Gasteiger partial charge in [-0.15, -0.1) is 0 Å². The molecule has 0 saturated carbocycles. The van der Waals surface area contributed by atoms with Crippen molar-refractivity contribution in [1.29, 1.82) is 0 Å². The van der Waals surface area contributed by atoms with Gasteiger partial charge in [0, 0.05) is 41.3 Å². The molecule has 0 unspecified atom stereocenters. The summed E-state index contributed by atoms with van der Waals surface area (Å²) >= 11 is 2.33. The Bertz CT molecular complexity index is 1020. The molecule has 2 aromatic rings. The Labute approximate surface area is 179 Å². The van der Waals surface area contributed by atoms with E-state index in [0.717, 1.165) is 17.8 Å². The van der Waals surface area contributed by atoms with Crippen LogP contribution in [0.1, 0.15) is 16.7 Å².